The zero-order valence-corrected chi connectivity index (χ0v) is 10.6. The van der Waals surface area contributed by atoms with Crippen LogP contribution in [0.3, 0.4) is 0 Å². The van der Waals surface area contributed by atoms with Crippen molar-refractivity contribution in [2.45, 2.75) is 6.92 Å². The summed E-state index contributed by atoms with van der Waals surface area (Å²) in [6.45, 7) is 1.98. The number of nitrogens with two attached hydrogens (primary N) is 1. The number of H-pyrrole nitrogens is 1. The van der Waals surface area contributed by atoms with E-state index in [0.29, 0.717) is 5.82 Å². The summed E-state index contributed by atoms with van der Waals surface area (Å²) in [5.41, 5.74) is 9.65. The average molecular weight is 250 g/mol. The molecule has 0 saturated carbocycles. The van der Waals surface area contributed by atoms with Crippen molar-refractivity contribution in [1.82, 2.24) is 15.2 Å². The zero-order valence-electron chi connectivity index (χ0n) is 10.6. The van der Waals surface area contributed by atoms with Crippen LogP contribution in [-0.4, -0.2) is 15.2 Å². The normalized spacial score (nSPS) is 10.6. The lowest BCUT2D eigenvalue weighted by molar-refractivity contribution is 1.10. The molecule has 0 spiro atoms. The fourth-order valence-electron chi connectivity index (χ4n) is 1.90. The maximum absolute atomic E-state index is 5.91. The highest BCUT2D eigenvalue weighted by molar-refractivity contribution is 5.65. The van der Waals surface area contributed by atoms with E-state index in [0.717, 1.165) is 28.2 Å². The molecule has 1 aromatic heterocycles. The number of aromatic amines is 1. The molecule has 94 valence electrons. The van der Waals surface area contributed by atoms with Gasteiger partial charge in [0, 0.05) is 16.8 Å². The minimum atomic E-state index is 0.658. The topological polar surface area (TPSA) is 67.6 Å². The van der Waals surface area contributed by atoms with Crippen molar-refractivity contribution >= 4 is 5.69 Å². The number of nitrogens with zero attached hydrogens (tertiary/aromatic N) is 2. The van der Waals surface area contributed by atoms with Crippen LogP contribution < -0.4 is 5.73 Å². The van der Waals surface area contributed by atoms with E-state index in [1.807, 2.05) is 55.5 Å². The number of anilines is 1. The first-order valence-corrected chi connectivity index (χ1v) is 6.08. The number of rotatable bonds is 2. The fraction of sp³-hybridized carbons (Fsp3) is 0.0667. The van der Waals surface area contributed by atoms with Gasteiger partial charge < -0.3 is 5.73 Å². The number of aryl methyl sites for hydroxylation is 1. The lowest BCUT2D eigenvalue weighted by Crippen LogP contribution is -1.90. The van der Waals surface area contributed by atoms with Gasteiger partial charge in [-0.1, -0.05) is 42.5 Å². The van der Waals surface area contributed by atoms with Crippen LogP contribution >= 0.6 is 0 Å². The number of aromatic nitrogens is 3. The maximum Gasteiger partial charge on any atom is 0.181 e. The van der Waals surface area contributed by atoms with Gasteiger partial charge in [0.05, 0.1) is 0 Å². The van der Waals surface area contributed by atoms with Crippen LogP contribution in [0.15, 0.2) is 48.5 Å². The summed E-state index contributed by atoms with van der Waals surface area (Å²) < 4.78 is 0. The van der Waals surface area contributed by atoms with E-state index in [1.54, 1.807) is 0 Å². The predicted molar refractivity (Wildman–Crippen MR) is 76.4 cm³/mol. The van der Waals surface area contributed by atoms with Crippen molar-refractivity contribution in [3.05, 3.63) is 54.1 Å². The summed E-state index contributed by atoms with van der Waals surface area (Å²) in [6.07, 6.45) is 0. The van der Waals surface area contributed by atoms with E-state index < -0.39 is 0 Å². The van der Waals surface area contributed by atoms with E-state index in [2.05, 4.69) is 15.2 Å². The Morgan fingerprint density at radius 3 is 2.53 bits per heavy atom. The second-order valence-corrected chi connectivity index (χ2v) is 4.45. The molecule has 4 heteroatoms. The van der Waals surface area contributed by atoms with Crippen molar-refractivity contribution in [3.8, 4) is 22.8 Å². The van der Waals surface area contributed by atoms with Gasteiger partial charge in [0.1, 0.15) is 0 Å². The van der Waals surface area contributed by atoms with E-state index in [4.69, 9.17) is 5.73 Å². The van der Waals surface area contributed by atoms with Crippen LogP contribution in [0, 0.1) is 6.92 Å². The molecule has 0 aliphatic rings. The Morgan fingerprint density at radius 1 is 1.00 bits per heavy atom. The summed E-state index contributed by atoms with van der Waals surface area (Å²) >= 11 is 0. The molecular weight excluding hydrogens is 236 g/mol. The third-order valence-electron chi connectivity index (χ3n) is 3.07. The molecule has 0 unspecified atom stereocenters. The molecule has 0 radical (unpaired) electrons. The largest absolute Gasteiger partial charge is 0.398 e. The van der Waals surface area contributed by atoms with Gasteiger partial charge in [-0.25, -0.2) is 4.98 Å². The van der Waals surface area contributed by atoms with Gasteiger partial charge in [0.2, 0.25) is 0 Å². The molecule has 1 heterocycles. The van der Waals surface area contributed by atoms with Gasteiger partial charge in [-0.3, -0.25) is 5.10 Å². The minimum Gasteiger partial charge on any atom is -0.398 e. The molecule has 3 rings (SSSR count). The third kappa shape index (κ3) is 2.20. The molecule has 0 atom stereocenters. The molecule has 0 bridgehead atoms. The Kier molecular flexibility index (Phi) is 2.76. The van der Waals surface area contributed by atoms with Crippen LogP contribution in [-0.2, 0) is 0 Å². The van der Waals surface area contributed by atoms with Crippen molar-refractivity contribution in [1.29, 1.82) is 0 Å². The van der Waals surface area contributed by atoms with Crippen molar-refractivity contribution in [3.63, 3.8) is 0 Å². The number of nitrogens with one attached hydrogen (secondary N) is 1. The fourth-order valence-corrected chi connectivity index (χ4v) is 1.90. The van der Waals surface area contributed by atoms with E-state index in [1.165, 1.54) is 0 Å². The van der Waals surface area contributed by atoms with Crippen molar-refractivity contribution < 1.29 is 0 Å². The van der Waals surface area contributed by atoms with E-state index >= 15 is 0 Å². The Hall–Kier alpha value is -2.62. The molecule has 4 nitrogen and oxygen atoms in total. The quantitative estimate of drug-likeness (QED) is 0.687. The van der Waals surface area contributed by atoms with Gasteiger partial charge in [0.25, 0.3) is 0 Å². The third-order valence-corrected chi connectivity index (χ3v) is 3.07. The molecule has 0 fully saturated rings. The van der Waals surface area contributed by atoms with Crippen molar-refractivity contribution in [2.75, 3.05) is 5.73 Å². The van der Waals surface area contributed by atoms with Gasteiger partial charge in [-0.15, -0.1) is 0 Å². The monoisotopic (exact) mass is 250 g/mol. The average Bonchev–Trinajstić information content (AvgIpc) is 2.93. The molecule has 3 N–H and O–H groups in total. The number of hydrogen-bond donors (Lipinski definition) is 2. The van der Waals surface area contributed by atoms with Crippen molar-refractivity contribution in [2.24, 2.45) is 0 Å². The molecule has 0 aliphatic carbocycles. The van der Waals surface area contributed by atoms with Gasteiger partial charge >= 0.3 is 0 Å². The summed E-state index contributed by atoms with van der Waals surface area (Å²) in [7, 11) is 0. The summed E-state index contributed by atoms with van der Waals surface area (Å²) in [5.74, 6) is 1.42. The minimum absolute atomic E-state index is 0.658. The second kappa shape index (κ2) is 4.57. The molecule has 3 aromatic rings. The first-order chi connectivity index (χ1) is 9.24. The Morgan fingerprint density at radius 2 is 1.79 bits per heavy atom. The molecule has 0 saturated heterocycles. The van der Waals surface area contributed by atoms with Crippen LogP contribution in [0.25, 0.3) is 22.8 Å². The lowest BCUT2D eigenvalue weighted by Gasteiger charge is -2.01. The molecule has 0 amide bonds. The standard InChI is InChI=1S/C15H14N4/c1-10-7-8-12(9-13(10)16)15-17-14(18-19-15)11-5-3-2-4-6-11/h2-9H,16H2,1H3,(H,17,18,19). The van der Waals surface area contributed by atoms with Gasteiger partial charge in [-0.05, 0) is 18.6 Å². The molecule has 0 aliphatic heterocycles. The predicted octanol–water partition coefficient (Wildman–Crippen LogP) is 3.03. The summed E-state index contributed by atoms with van der Waals surface area (Å²) in [6, 6.07) is 15.8. The van der Waals surface area contributed by atoms with Gasteiger partial charge in [-0.2, -0.15) is 5.10 Å². The van der Waals surface area contributed by atoms with Crippen LogP contribution in [0.4, 0.5) is 5.69 Å². The van der Waals surface area contributed by atoms with Gasteiger partial charge in [0.15, 0.2) is 11.6 Å². The maximum atomic E-state index is 5.91. The smallest absolute Gasteiger partial charge is 0.181 e. The van der Waals surface area contributed by atoms with Crippen LogP contribution in [0.1, 0.15) is 5.56 Å². The highest BCUT2D eigenvalue weighted by atomic mass is 15.2. The summed E-state index contributed by atoms with van der Waals surface area (Å²) in [5, 5.41) is 7.19. The Balaban J connectivity index is 1.99. The van der Waals surface area contributed by atoms with Crippen LogP contribution in [0.2, 0.25) is 0 Å². The first-order valence-electron chi connectivity index (χ1n) is 6.08. The highest BCUT2D eigenvalue weighted by Gasteiger charge is 2.08. The zero-order chi connectivity index (χ0) is 13.2. The molecular formula is C15H14N4. The highest BCUT2D eigenvalue weighted by Crippen LogP contribution is 2.23. The number of nitrogen functional groups attached to an aromatic ring is 1. The SMILES string of the molecule is Cc1ccc(-c2n[nH]c(-c3ccccc3)n2)cc1N. The Bertz CT molecular complexity index is 701. The first kappa shape index (κ1) is 11.5. The number of benzene rings is 2. The Labute approximate surface area is 111 Å². The van der Waals surface area contributed by atoms with Crippen LogP contribution in [0.5, 0.6) is 0 Å². The second-order valence-electron chi connectivity index (χ2n) is 4.45. The van der Waals surface area contributed by atoms with E-state index in [-0.39, 0.29) is 0 Å². The summed E-state index contributed by atoms with van der Waals surface area (Å²) in [4.78, 5) is 4.50. The lowest BCUT2D eigenvalue weighted by atomic mass is 10.1. The molecule has 2 aromatic carbocycles. The number of hydrogen-bond acceptors (Lipinski definition) is 3. The molecule has 19 heavy (non-hydrogen) atoms. The van der Waals surface area contributed by atoms with E-state index in [9.17, 15) is 0 Å².